The van der Waals surface area contributed by atoms with Crippen molar-refractivity contribution in [1.82, 2.24) is 10.2 Å². The minimum atomic E-state index is 0.159. The highest BCUT2D eigenvalue weighted by atomic mass is 32.1. The molecule has 2 aliphatic heterocycles. The molecule has 2 aromatic carbocycles. The first-order valence-corrected chi connectivity index (χ1v) is 12.5. The number of benzene rings is 2. The molecule has 2 fully saturated rings. The number of hydrogen-bond acceptors (Lipinski definition) is 8. The lowest BCUT2D eigenvalue weighted by molar-refractivity contribution is 0.319. The van der Waals surface area contributed by atoms with E-state index in [0.29, 0.717) is 5.57 Å². The van der Waals surface area contributed by atoms with Gasteiger partial charge in [0.25, 0.3) is 0 Å². The minimum Gasteiger partial charge on any atom is -0.495 e. The summed E-state index contributed by atoms with van der Waals surface area (Å²) in [5, 5.41) is 12.5. The highest BCUT2D eigenvalue weighted by Crippen LogP contribution is 2.29. The fraction of sp³-hybridized carbons (Fsp3) is 0.407. The molecule has 0 aromatic heterocycles. The third kappa shape index (κ3) is 6.80. The Hall–Kier alpha value is -3.48. The Morgan fingerprint density at radius 3 is 1.78 bits per heavy atom. The summed E-state index contributed by atoms with van der Waals surface area (Å²) in [4.78, 5) is 6.96. The third-order valence-corrected chi connectivity index (χ3v) is 6.65. The van der Waals surface area contributed by atoms with Crippen LogP contribution >= 0.6 is 12.2 Å². The van der Waals surface area contributed by atoms with Crippen LogP contribution in [0, 0.1) is 11.3 Å². The summed E-state index contributed by atoms with van der Waals surface area (Å²) in [5.41, 5.74) is 9.17. The average molecular weight is 509 g/mol. The Balaban J connectivity index is 0.000000221. The van der Waals surface area contributed by atoms with Crippen molar-refractivity contribution in [1.29, 1.82) is 5.26 Å². The van der Waals surface area contributed by atoms with Gasteiger partial charge < -0.3 is 35.2 Å². The second kappa shape index (κ2) is 13.6. The van der Waals surface area contributed by atoms with Crippen LogP contribution in [-0.2, 0) is 0 Å². The third-order valence-electron chi connectivity index (χ3n) is 6.44. The van der Waals surface area contributed by atoms with Crippen molar-refractivity contribution >= 4 is 28.6 Å². The van der Waals surface area contributed by atoms with Crippen LogP contribution in [-0.4, -0.2) is 76.5 Å². The number of nitrogens with zero attached hydrogens (tertiary/aromatic N) is 4. The van der Waals surface area contributed by atoms with Gasteiger partial charge in [-0.3, -0.25) is 0 Å². The van der Waals surface area contributed by atoms with Crippen molar-refractivity contribution < 1.29 is 9.47 Å². The fourth-order valence-corrected chi connectivity index (χ4v) is 4.64. The molecule has 0 bridgehead atoms. The second-order valence-corrected chi connectivity index (χ2v) is 8.93. The van der Waals surface area contributed by atoms with Gasteiger partial charge in [0.15, 0.2) is 0 Å². The Morgan fingerprint density at radius 1 is 0.861 bits per heavy atom. The first-order chi connectivity index (χ1) is 17.5. The zero-order chi connectivity index (χ0) is 25.9. The zero-order valence-electron chi connectivity index (χ0n) is 21.4. The Morgan fingerprint density at radius 2 is 1.33 bits per heavy atom. The van der Waals surface area contributed by atoms with Gasteiger partial charge in [0.2, 0.25) is 0 Å². The molecule has 4 rings (SSSR count). The van der Waals surface area contributed by atoms with Crippen LogP contribution in [0.4, 0.5) is 11.4 Å². The molecule has 2 aromatic rings. The highest BCUT2D eigenvalue weighted by Gasteiger charge is 2.21. The molecule has 0 spiro atoms. The average Bonchev–Trinajstić information content (AvgIpc) is 2.94. The van der Waals surface area contributed by atoms with E-state index in [9.17, 15) is 0 Å². The van der Waals surface area contributed by atoms with Gasteiger partial charge in [-0.25, -0.2) is 0 Å². The number of anilines is 2. The number of piperazine rings is 2. The summed E-state index contributed by atoms with van der Waals surface area (Å²) in [6.07, 6.45) is 0. The largest absolute Gasteiger partial charge is 0.495 e. The van der Waals surface area contributed by atoms with Gasteiger partial charge in [-0.2, -0.15) is 5.26 Å². The first-order valence-electron chi connectivity index (χ1n) is 12.1. The van der Waals surface area contributed by atoms with E-state index in [2.05, 4.69) is 44.3 Å². The molecule has 36 heavy (non-hydrogen) atoms. The maximum atomic E-state index is 9.17. The number of rotatable bonds is 6. The van der Waals surface area contributed by atoms with Gasteiger partial charge in [0.05, 0.1) is 25.6 Å². The van der Waals surface area contributed by atoms with E-state index >= 15 is 0 Å². The standard InChI is InChI=1S/C16H20N4OS.C11H16N2O/c1-12(13(11-17)16(18)22)19-7-9-20(10-8-19)14-5-3-4-6-15(14)21-2;1-14-11-5-3-2-4-10(11)13-8-6-12-7-9-13/h3-6H,7-10H2,1-2H3,(H2,18,22);2-5,12H,6-9H2,1H3/b13-12-;. The number of para-hydroxylation sites is 4. The van der Waals surface area contributed by atoms with Crippen molar-refractivity contribution in [2.45, 2.75) is 6.92 Å². The molecule has 3 N–H and O–H groups in total. The van der Waals surface area contributed by atoms with Gasteiger partial charge in [0.1, 0.15) is 28.1 Å². The molecule has 0 aliphatic carbocycles. The topological polar surface area (TPSA) is 90.0 Å². The summed E-state index contributed by atoms with van der Waals surface area (Å²) in [6.45, 7) is 9.46. The minimum absolute atomic E-state index is 0.159. The van der Waals surface area contributed by atoms with Crippen molar-refractivity contribution in [3.63, 3.8) is 0 Å². The van der Waals surface area contributed by atoms with Gasteiger partial charge in [-0.05, 0) is 31.2 Å². The van der Waals surface area contributed by atoms with E-state index in [1.807, 2.05) is 37.3 Å². The van der Waals surface area contributed by atoms with Crippen LogP contribution in [0.25, 0.3) is 0 Å². The van der Waals surface area contributed by atoms with Crippen molar-refractivity contribution in [3.05, 3.63) is 59.8 Å². The lowest BCUT2D eigenvalue weighted by Gasteiger charge is -2.38. The smallest absolute Gasteiger partial charge is 0.142 e. The molecule has 192 valence electrons. The van der Waals surface area contributed by atoms with E-state index < -0.39 is 0 Å². The first kappa shape index (κ1) is 27.1. The van der Waals surface area contributed by atoms with Crippen molar-refractivity contribution in [2.75, 3.05) is 76.4 Å². The van der Waals surface area contributed by atoms with Crippen molar-refractivity contribution in [3.8, 4) is 17.6 Å². The monoisotopic (exact) mass is 508 g/mol. The molecule has 0 saturated carbocycles. The predicted molar refractivity (Wildman–Crippen MR) is 150 cm³/mol. The summed E-state index contributed by atoms with van der Waals surface area (Å²) >= 11 is 4.94. The molecule has 9 heteroatoms. The van der Waals surface area contributed by atoms with Gasteiger partial charge in [-0.15, -0.1) is 0 Å². The fourth-order valence-electron chi connectivity index (χ4n) is 4.44. The molecular formula is C27H36N6O2S. The molecule has 8 nitrogen and oxygen atoms in total. The van der Waals surface area contributed by atoms with E-state index in [4.69, 9.17) is 32.7 Å². The van der Waals surface area contributed by atoms with E-state index in [1.54, 1.807) is 14.2 Å². The summed E-state index contributed by atoms with van der Waals surface area (Å²) in [7, 11) is 3.41. The molecule has 0 radical (unpaired) electrons. The van der Waals surface area contributed by atoms with Gasteiger partial charge in [0, 0.05) is 58.1 Å². The van der Waals surface area contributed by atoms with Crippen LogP contribution in [0.2, 0.25) is 0 Å². The summed E-state index contributed by atoms with van der Waals surface area (Å²) < 4.78 is 10.8. The number of ether oxygens (including phenoxy) is 2. The van der Waals surface area contributed by atoms with Gasteiger partial charge >= 0.3 is 0 Å². The van der Waals surface area contributed by atoms with Crippen LogP contribution in [0.1, 0.15) is 6.92 Å². The van der Waals surface area contributed by atoms with Crippen LogP contribution in [0.15, 0.2) is 59.8 Å². The van der Waals surface area contributed by atoms with E-state index in [-0.39, 0.29) is 4.99 Å². The molecular weight excluding hydrogens is 472 g/mol. The molecule has 2 aliphatic rings. The quantitative estimate of drug-likeness (QED) is 0.347. The van der Waals surface area contributed by atoms with Crippen molar-refractivity contribution in [2.24, 2.45) is 5.73 Å². The van der Waals surface area contributed by atoms with Gasteiger partial charge in [-0.1, -0.05) is 36.5 Å². The van der Waals surface area contributed by atoms with E-state index in [1.165, 1.54) is 5.69 Å². The maximum Gasteiger partial charge on any atom is 0.142 e. The highest BCUT2D eigenvalue weighted by molar-refractivity contribution is 7.80. The molecule has 0 amide bonds. The number of allylic oxidation sites excluding steroid dienone is 1. The SMILES string of the molecule is COc1ccccc1N1CCN(/C(C)=C(/C#N)C(N)=S)CC1.COc1ccccc1N1CCNCC1. The second-order valence-electron chi connectivity index (χ2n) is 8.49. The number of hydrogen-bond donors (Lipinski definition) is 2. The number of methoxy groups -OCH3 is 2. The molecule has 2 saturated heterocycles. The van der Waals surface area contributed by atoms with Crippen LogP contribution < -0.4 is 30.3 Å². The predicted octanol–water partition coefficient (Wildman–Crippen LogP) is 3.01. The number of nitrogens with two attached hydrogens (primary N) is 1. The lowest BCUT2D eigenvalue weighted by atomic mass is 10.1. The Bertz CT molecular complexity index is 1090. The molecule has 2 heterocycles. The Kier molecular flexibility index (Phi) is 10.2. The molecule has 0 unspecified atom stereocenters. The summed E-state index contributed by atoms with van der Waals surface area (Å²) in [6, 6.07) is 18.3. The summed E-state index contributed by atoms with van der Waals surface area (Å²) in [5.74, 6) is 1.85. The number of nitriles is 1. The maximum absolute atomic E-state index is 9.17. The van der Waals surface area contributed by atoms with Crippen LogP contribution in [0.3, 0.4) is 0 Å². The number of nitrogens with one attached hydrogen (secondary N) is 1. The molecule has 0 atom stereocenters. The Labute approximate surface area is 219 Å². The van der Waals surface area contributed by atoms with Crippen LogP contribution in [0.5, 0.6) is 11.5 Å². The number of thiocarbonyl (C=S) groups is 1. The lowest BCUT2D eigenvalue weighted by Crippen LogP contribution is -2.46. The normalized spacial score (nSPS) is 16.2. The van der Waals surface area contributed by atoms with E-state index in [0.717, 1.165) is 75.2 Å². The zero-order valence-corrected chi connectivity index (χ0v) is 22.2.